The summed E-state index contributed by atoms with van der Waals surface area (Å²) in [6.45, 7) is 1.20. The fourth-order valence-electron chi connectivity index (χ4n) is 6.28. The highest BCUT2D eigenvalue weighted by molar-refractivity contribution is 6.10. The molecule has 6 rings (SSSR count). The highest BCUT2D eigenvalue weighted by atomic mass is 19.4. The Labute approximate surface area is 234 Å². The Bertz CT molecular complexity index is 1470. The maximum atomic E-state index is 14.2. The van der Waals surface area contributed by atoms with E-state index < -0.39 is 29.6 Å². The lowest BCUT2D eigenvalue weighted by Gasteiger charge is -2.36. The molecular weight excluding hydrogens is 543 g/mol. The zero-order valence-electron chi connectivity index (χ0n) is 22.8. The molecule has 4 heterocycles. The van der Waals surface area contributed by atoms with E-state index in [2.05, 4.69) is 15.2 Å². The van der Waals surface area contributed by atoms with E-state index in [-0.39, 0.29) is 55.3 Å². The molecule has 12 heteroatoms. The Kier molecular flexibility index (Phi) is 6.87. The van der Waals surface area contributed by atoms with Crippen molar-refractivity contribution in [3.63, 3.8) is 0 Å². The van der Waals surface area contributed by atoms with Crippen molar-refractivity contribution in [2.45, 2.75) is 63.7 Å². The van der Waals surface area contributed by atoms with E-state index in [1.807, 2.05) is 29.8 Å². The molecule has 3 aliphatic rings. The summed E-state index contributed by atoms with van der Waals surface area (Å²) in [7, 11) is 1.88. The molecule has 0 bridgehead atoms. The topological polar surface area (TPSA) is 67.2 Å². The number of carbonyl (C=O) groups is 1. The maximum Gasteiger partial charge on any atom is 0.433 e. The fourth-order valence-corrected chi connectivity index (χ4v) is 6.28. The van der Waals surface area contributed by atoms with Crippen LogP contribution in [0.25, 0.3) is 0 Å². The number of aromatic nitrogens is 4. The largest absolute Gasteiger partial charge is 0.433 e. The first kappa shape index (κ1) is 27.7. The molecule has 2 fully saturated rings. The van der Waals surface area contributed by atoms with Gasteiger partial charge in [-0.25, -0.2) is 13.8 Å². The Morgan fingerprint density at radius 1 is 1.17 bits per heavy atom. The van der Waals surface area contributed by atoms with Gasteiger partial charge in [-0.05, 0) is 42.5 Å². The fraction of sp³-hybridized carbons (Fsp3) is 0.517. The van der Waals surface area contributed by atoms with E-state index in [9.17, 15) is 26.7 Å². The average Bonchev–Trinajstić information content (AvgIpc) is 3.45. The van der Waals surface area contributed by atoms with E-state index in [0.717, 1.165) is 30.7 Å². The number of benzene rings is 1. The second-order valence-corrected chi connectivity index (χ2v) is 11.6. The number of fused-ring (bicyclic) bond motifs is 1. The zero-order valence-corrected chi connectivity index (χ0v) is 22.8. The number of anilines is 1. The molecule has 1 aromatic carbocycles. The van der Waals surface area contributed by atoms with Crippen LogP contribution in [0.3, 0.4) is 0 Å². The van der Waals surface area contributed by atoms with Crippen molar-refractivity contribution in [1.82, 2.24) is 24.6 Å². The van der Waals surface area contributed by atoms with Crippen LogP contribution in [0.4, 0.5) is 27.6 Å². The highest BCUT2D eigenvalue weighted by Gasteiger charge is 2.44. The standard InChI is InChI=1S/C29H31F5N6O/c1-17-13-39(10-9-28(17,30)31)14-20-12-22-23(25(36-20)29(32,33)34)15-40(27(22)41)21-8-4-7-19(11-21)24(18-5-3-6-18)26-37-35-16-38(26)2/h4,7-8,11-12,16-18,24H,3,5-6,9-10,13-15H2,1-2H3/t17-,24+/m1/s1. The number of nitrogens with zero attached hydrogens (tertiary/aromatic N) is 6. The van der Waals surface area contributed by atoms with Gasteiger partial charge in [-0.2, -0.15) is 13.2 Å². The van der Waals surface area contributed by atoms with E-state index in [1.165, 1.54) is 17.9 Å². The van der Waals surface area contributed by atoms with Crippen LogP contribution < -0.4 is 4.90 Å². The number of piperidine rings is 1. The molecule has 41 heavy (non-hydrogen) atoms. The highest BCUT2D eigenvalue weighted by Crippen LogP contribution is 2.44. The summed E-state index contributed by atoms with van der Waals surface area (Å²) in [5.41, 5.74) is 0.157. The predicted molar refractivity (Wildman–Crippen MR) is 140 cm³/mol. The lowest BCUT2D eigenvalue weighted by Crippen LogP contribution is -2.45. The van der Waals surface area contributed by atoms with Gasteiger partial charge in [0, 0.05) is 61.8 Å². The lowest BCUT2D eigenvalue weighted by atomic mass is 9.72. The van der Waals surface area contributed by atoms with E-state index in [1.54, 1.807) is 17.3 Å². The second-order valence-electron chi connectivity index (χ2n) is 11.6. The molecule has 218 valence electrons. The van der Waals surface area contributed by atoms with Gasteiger partial charge >= 0.3 is 6.18 Å². The Balaban J connectivity index is 1.31. The molecule has 2 atom stereocenters. The summed E-state index contributed by atoms with van der Waals surface area (Å²) in [5, 5.41) is 8.37. The van der Waals surface area contributed by atoms with Gasteiger partial charge < -0.3 is 9.47 Å². The summed E-state index contributed by atoms with van der Waals surface area (Å²) in [6.07, 6.45) is -0.317. The number of likely N-dealkylation sites (tertiary alicyclic amines) is 1. The number of hydrogen-bond donors (Lipinski definition) is 0. The van der Waals surface area contributed by atoms with Crippen molar-refractivity contribution in [3.05, 3.63) is 70.6 Å². The third-order valence-corrected chi connectivity index (χ3v) is 8.82. The molecule has 0 radical (unpaired) electrons. The van der Waals surface area contributed by atoms with Crippen LogP contribution in [-0.2, 0) is 26.3 Å². The van der Waals surface area contributed by atoms with E-state index >= 15 is 0 Å². The van der Waals surface area contributed by atoms with Gasteiger partial charge in [0.15, 0.2) is 5.69 Å². The molecule has 1 amide bonds. The number of hydrogen-bond acceptors (Lipinski definition) is 5. The zero-order chi connectivity index (χ0) is 29.1. The molecule has 1 aliphatic carbocycles. The predicted octanol–water partition coefficient (Wildman–Crippen LogP) is 5.80. The molecule has 2 aliphatic heterocycles. The number of pyridine rings is 1. The SMILES string of the molecule is C[C@@H]1CN(Cc2cc3c(c(C(F)(F)F)n2)CN(c2cccc([C@@H](c4nncn4C)C4CCC4)c2)C3=O)CCC1(F)F. The van der Waals surface area contributed by atoms with Crippen LogP contribution in [0, 0.1) is 11.8 Å². The Morgan fingerprint density at radius 3 is 2.59 bits per heavy atom. The van der Waals surface area contributed by atoms with E-state index in [4.69, 9.17) is 0 Å². The number of rotatable bonds is 6. The first-order chi connectivity index (χ1) is 19.4. The van der Waals surface area contributed by atoms with Crippen molar-refractivity contribution < 1.29 is 26.7 Å². The van der Waals surface area contributed by atoms with Crippen molar-refractivity contribution >= 4 is 11.6 Å². The number of aryl methyl sites for hydroxylation is 1. The van der Waals surface area contributed by atoms with Gasteiger partial charge in [-0.15, -0.1) is 10.2 Å². The monoisotopic (exact) mass is 574 g/mol. The molecule has 0 unspecified atom stereocenters. The quantitative estimate of drug-likeness (QED) is 0.349. The number of carbonyl (C=O) groups excluding carboxylic acids is 1. The van der Waals surface area contributed by atoms with Crippen LogP contribution in [0.15, 0.2) is 36.7 Å². The number of amides is 1. The van der Waals surface area contributed by atoms with Gasteiger partial charge in [0.2, 0.25) is 0 Å². The molecule has 0 N–H and O–H groups in total. The summed E-state index contributed by atoms with van der Waals surface area (Å²) < 4.78 is 72.4. The maximum absolute atomic E-state index is 14.2. The third kappa shape index (κ3) is 5.11. The van der Waals surface area contributed by atoms with Gasteiger partial charge in [-0.3, -0.25) is 9.69 Å². The molecule has 3 aromatic rings. The molecule has 0 spiro atoms. The second kappa shape index (κ2) is 10.1. The van der Waals surface area contributed by atoms with Crippen LogP contribution in [0.2, 0.25) is 0 Å². The molecule has 2 aromatic heterocycles. The number of halogens is 5. The summed E-state index contributed by atoms with van der Waals surface area (Å²) in [5.74, 6) is -3.16. The minimum atomic E-state index is -4.78. The van der Waals surface area contributed by atoms with Crippen LogP contribution in [0.1, 0.15) is 77.2 Å². The first-order valence-corrected chi connectivity index (χ1v) is 13.9. The van der Waals surface area contributed by atoms with Crippen LogP contribution in [0.5, 0.6) is 0 Å². The number of alkyl halides is 5. The smallest absolute Gasteiger partial charge is 0.320 e. The Morgan fingerprint density at radius 2 is 1.95 bits per heavy atom. The minimum Gasteiger partial charge on any atom is -0.320 e. The average molecular weight is 575 g/mol. The summed E-state index contributed by atoms with van der Waals surface area (Å²) in [4.78, 5) is 20.6. The van der Waals surface area contributed by atoms with Gasteiger partial charge in [0.25, 0.3) is 11.8 Å². The van der Waals surface area contributed by atoms with E-state index in [0.29, 0.717) is 11.6 Å². The normalized spacial score (nSPS) is 22.1. The Hall–Kier alpha value is -3.41. The molecular formula is C29H31F5N6O. The van der Waals surface area contributed by atoms with Gasteiger partial charge in [0.1, 0.15) is 12.2 Å². The minimum absolute atomic E-state index is 0.0354. The summed E-state index contributed by atoms with van der Waals surface area (Å²) in [6, 6.07) is 8.74. The van der Waals surface area contributed by atoms with Crippen molar-refractivity contribution in [2.75, 3.05) is 18.0 Å². The van der Waals surface area contributed by atoms with Gasteiger partial charge in [0.05, 0.1) is 12.2 Å². The van der Waals surface area contributed by atoms with Crippen LogP contribution in [-0.4, -0.2) is 49.6 Å². The van der Waals surface area contributed by atoms with Crippen molar-refractivity contribution in [1.29, 1.82) is 0 Å². The van der Waals surface area contributed by atoms with Gasteiger partial charge in [-0.1, -0.05) is 25.5 Å². The third-order valence-electron chi connectivity index (χ3n) is 8.82. The molecule has 1 saturated carbocycles. The summed E-state index contributed by atoms with van der Waals surface area (Å²) >= 11 is 0. The molecule has 1 saturated heterocycles. The van der Waals surface area contributed by atoms with Crippen molar-refractivity contribution in [2.24, 2.45) is 18.9 Å². The van der Waals surface area contributed by atoms with Crippen molar-refractivity contribution in [3.8, 4) is 0 Å². The molecule has 7 nitrogen and oxygen atoms in total. The lowest BCUT2D eigenvalue weighted by molar-refractivity contribution is -0.142. The first-order valence-electron chi connectivity index (χ1n) is 13.9. The van der Waals surface area contributed by atoms with Crippen LogP contribution >= 0.6 is 0 Å².